The van der Waals surface area contributed by atoms with E-state index in [-0.39, 0.29) is 5.97 Å². The molecule has 0 fully saturated rings. The fourth-order valence-electron chi connectivity index (χ4n) is 2.12. The molecule has 0 aliphatic heterocycles. The highest BCUT2D eigenvalue weighted by Crippen LogP contribution is 2.16. The Morgan fingerprint density at radius 2 is 1.60 bits per heavy atom. The lowest BCUT2D eigenvalue weighted by atomic mass is 10.1. The molecule has 0 saturated heterocycles. The van der Waals surface area contributed by atoms with Crippen LogP contribution < -0.4 is 4.74 Å². The van der Waals surface area contributed by atoms with Gasteiger partial charge in [0.2, 0.25) is 0 Å². The van der Waals surface area contributed by atoms with E-state index < -0.39 is 0 Å². The summed E-state index contributed by atoms with van der Waals surface area (Å²) in [5.41, 5.74) is 4.11. The lowest BCUT2D eigenvalue weighted by molar-refractivity contribution is 0.0600. The number of carbonyl (C=O) groups excluding carboxylic acids is 1. The summed E-state index contributed by atoms with van der Waals surface area (Å²) in [6.45, 7) is 4.66. The number of hydrogen-bond donors (Lipinski definition) is 0. The lowest BCUT2D eigenvalue weighted by Gasteiger charge is -2.08. The molecule has 2 aromatic carbocycles. The van der Waals surface area contributed by atoms with Crippen LogP contribution in [0, 0.1) is 13.8 Å². The van der Waals surface area contributed by atoms with Crippen molar-refractivity contribution in [3.8, 4) is 5.75 Å². The Labute approximate surface area is 119 Å². The average molecular weight is 270 g/mol. The van der Waals surface area contributed by atoms with Gasteiger partial charge in [-0.25, -0.2) is 4.79 Å². The Bertz CT molecular complexity index is 580. The summed E-state index contributed by atoms with van der Waals surface area (Å²) in [5, 5.41) is 0. The number of carbonyl (C=O) groups is 1. The molecule has 104 valence electrons. The van der Waals surface area contributed by atoms with Gasteiger partial charge in [0.15, 0.2) is 0 Å². The van der Waals surface area contributed by atoms with Gasteiger partial charge in [0, 0.05) is 0 Å². The maximum absolute atomic E-state index is 11.3. The predicted octanol–water partition coefficient (Wildman–Crippen LogP) is 3.67. The minimum atomic E-state index is -0.342. The maximum atomic E-state index is 11.3. The minimum Gasteiger partial charge on any atom is -0.489 e. The molecule has 0 spiro atoms. The zero-order valence-electron chi connectivity index (χ0n) is 12.0. The van der Waals surface area contributed by atoms with Gasteiger partial charge in [-0.05, 0) is 43.7 Å². The van der Waals surface area contributed by atoms with Crippen molar-refractivity contribution in [1.82, 2.24) is 0 Å². The number of aryl methyl sites for hydroxylation is 2. The molecule has 2 rings (SSSR count). The van der Waals surface area contributed by atoms with Gasteiger partial charge in [0.05, 0.1) is 12.7 Å². The van der Waals surface area contributed by atoms with Crippen molar-refractivity contribution in [3.05, 3.63) is 64.7 Å². The van der Waals surface area contributed by atoms with Gasteiger partial charge in [-0.1, -0.05) is 29.3 Å². The summed E-state index contributed by atoms with van der Waals surface area (Å²) < 4.78 is 10.4. The highest BCUT2D eigenvalue weighted by molar-refractivity contribution is 5.89. The van der Waals surface area contributed by atoms with Crippen LogP contribution in [0.15, 0.2) is 42.5 Å². The molecule has 0 aliphatic rings. The van der Waals surface area contributed by atoms with E-state index >= 15 is 0 Å². The predicted molar refractivity (Wildman–Crippen MR) is 78.0 cm³/mol. The fraction of sp³-hybridized carbons (Fsp3) is 0.235. The van der Waals surface area contributed by atoms with Crippen LogP contribution in [0.2, 0.25) is 0 Å². The number of benzene rings is 2. The molecular weight excluding hydrogens is 252 g/mol. The molecule has 0 aromatic heterocycles. The summed E-state index contributed by atoms with van der Waals surface area (Å²) in [6, 6.07) is 13.3. The molecule has 0 heterocycles. The molecule has 0 bridgehead atoms. The van der Waals surface area contributed by atoms with Crippen LogP contribution in [0.25, 0.3) is 0 Å². The zero-order valence-corrected chi connectivity index (χ0v) is 12.0. The van der Waals surface area contributed by atoms with Crippen molar-refractivity contribution in [2.24, 2.45) is 0 Å². The van der Waals surface area contributed by atoms with E-state index in [0.29, 0.717) is 12.2 Å². The summed E-state index contributed by atoms with van der Waals surface area (Å²) in [7, 11) is 1.37. The first-order chi connectivity index (χ1) is 9.58. The van der Waals surface area contributed by atoms with Gasteiger partial charge >= 0.3 is 5.97 Å². The Hall–Kier alpha value is -2.29. The van der Waals surface area contributed by atoms with E-state index in [1.807, 2.05) is 0 Å². The average Bonchev–Trinajstić information content (AvgIpc) is 2.44. The van der Waals surface area contributed by atoms with Crippen LogP contribution in [-0.4, -0.2) is 13.1 Å². The normalized spacial score (nSPS) is 10.2. The molecular formula is C17H18O3. The smallest absolute Gasteiger partial charge is 0.337 e. The third-order valence-corrected chi connectivity index (χ3v) is 2.96. The second-order valence-electron chi connectivity index (χ2n) is 4.80. The number of hydrogen-bond acceptors (Lipinski definition) is 3. The van der Waals surface area contributed by atoms with Crippen LogP contribution in [0.1, 0.15) is 27.0 Å². The monoisotopic (exact) mass is 270 g/mol. The number of esters is 1. The van der Waals surface area contributed by atoms with Crippen molar-refractivity contribution < 1.29 is 14.3 Å². The van der Waals surface area contributed by atoms with Crippen molar-refractivity contribution >= 4 is 5.97 Å². The van der Waals surface area contributed by atoms with E-state index in [9.17, 15) is 4.79 Å². The molecule has 0 unspecified atom stereocenters. The van der Waals surface area contributed by atoms with Gasteiger partial charge in [0.1, 0.15) is 12.4 Å². The Kier molecular flexibility index (Phi) is 4.41. The highest BCUT2D eigenvalue weighted by atomic mass is 16.5. The second-order valence-corrected chi connectivity index (χ2v) is 4.80. The Morgan fingerprint density at radius 3 is 2.15 bits per heavy atom. The molecule has 0 amide bonds. The van der Waals surface area contributed by atoms with Crippen LogP contribution in [-0.2, 0) is 11.3 Å². The molecule has 0 N–H and O–H groups in total. The van der Waals surface area contributed by atoms with Crippen LogP contribution >= 0.6 is 0 Å². The van der Waals surface area contributed by atoms with Crippen LogP contribution in [0.4, 0.5) is 0 Å². The lowest BCUT2D eigenvalue weighted by Crippen LogP contribution is -2.01. The van der Waals surface area contributed by atoms with Crippen LogP contribution in [0.3, 0.4) is 0 Å². The molecule has 20 heavy (non-hydrogen) atoms. The van der Waals surface area contributed by atoms with Crippen molar-refractivity contribution in [2.75, 3.05) is 7.11 Å². The van der Waals surface area contributed by atoms with E-state index in [1.54, 1.807) is 24.3 Å². The minimum absolute atomic E-state index is 0.342. The zero-order chi connectivity index (χ0) is 14.5. The highest BCUT2D eigenvalue weighted by Gasteiger charge is 2.05. The van der Waals surface area contributed by atoms with Gasteiger partial charge in [-0.2, -0.15) is 0 Å². The first-order valence-corrected chi connectivity index (χ1v) is 6.47. The van der Waals surface area contributed by atoms with E-state index in [4.69, 9.17) is 4.74 Å². The molecule has 3 heteroatoms. The van der Waals surface area contributed by atoms with E-state index in [0.717, 1.165) is 11.3 Å². The largest absolute Gasteiger partial charge is 0.489 e. The number of rotatable bonds is 4. The van der Waals surface area contributed by atoms with E-state index in [2.05, 4.69) is 36.8 Å². The summed E-state index contributed by atoms with van der Waals surface area (Å²) in [6.07, 6.45) is 0. The molecule has 2 aromatic rings. The Balaban J connectivity index is 2.02. The quantitative estimate of drug-likeness (QED) is 0.795. The second kappa shape index (κ2) is 6.24. The maximum Gasteiger partial charge on any atom is 0.337 e. The third-order valence-electron chi connectivity index (χ3n) is 2.96. The summed E-state index contributed by atoms with van der Waals surface area (Å²) >= 11 is 0. The fourth-order valence-corrected chi connectivity index (χ4v) is 2.12. The van der Waals surface area contributed by atoms with Crippen molar-refractivity contribution in [2.45, 2.75) is 20.5 Å². The van der Waals surface area contributed by atoms with E-state index in [1.165, 1.54) is 18.2 Å². The number of methoxy groups -OCH3 is 1. The summed E-state index contributed by atoms with van der Waals surface area (Å²) in [5.74, 6) is 0.391. The molecule has 0 saturated carbocycles. The summed E-state index contributed by atoms with van der Waals surface area (Å²) in [4.78, 5) is 11.3. The first kappa shape index (κ1) is 14.1. The molecule has 0 radical (unpaired) electrons. The standard InChI is InChI=1S/C17H18O3/c1-12-8-13(2)10-14(9-12)11-20-16-6-4-15(5-7-16)17(18)19-3/h4-10H,11H2,1-3H3. The SMILES string of the molecule is COC(=O)c1ccc(OCc2cc(C)cc(C)c2)cc1. The van der Waals surface area contributed by atoms with Gasteiger partial charge in [-0.15, -0.1) is 0 Å². The molecule has 0 atom stereocenters. The third kappa shape index (κ3) is 3.60. The number of ether oxygens (including phenoxy) is 2. The first-order valence-electron chi connectivity index (χ1n) is 6.47. The van der Waals surface area contributed by atoms with Gasteiger partial charge in [0.25, 0.3) is 0 Å². The van der Waals surface area contributed by atoms with Gasteiger partial charge < -0.3 is 9.47 Å². The van der Waals surface area contributed by atoms with Crippen molar-refractivity contribution in [3.63, 3.8) is 0 Å². The Morgan fingerprint density at radius 1 is 1.00 bits per heavy atom. The molecule has 0 aliphatic carbocycles. The molecule has 3 nitrogen and oxygen atoms in total. The van der Waals surface area contributed by atoms with Crippen LogP contribution in [0.5, 0.6) is 5.75 Å². The van der Waals surface area contributed by atoms with Gasteiger partial charge in [-0.3, -0.25) is 0 Å². The topological polar surface area (TPSA) is 35.5 Å². The van der Waals surface area contributed by atoms with Crippen molar-refractivity contribution in [1.29, 1.82) is 0 Å².